The number of hydrogen-bond donors (Lipinski definition) is 1. The molecule has 1 fully saturated rings. The summed E-state index contributed by atoms with van der Waals surface area (Å²) in [5, 5.41) is 3.60. The molecule has 32 heavy (non-hydrogen) atoms. The fourth-order valence-electron chi connectivity index (χ4n) is 3.27. The Morgan fingerprint density at radius 3 is 2.34 bits per heavy atom. The van der Waals surface area contributed by atoms with Crippen LogP contribution in [0.5, 0.6) is 0 Å². The van der Waals surface area contributed by atoms with E-state index < -0.39 is 23.7 Å². The molecule has 0 unspecified atom stereocenters. The third kappa shape index (κ3) is 4.15. The first kappa shape index (κ1) is 21.0. The summed E-state index contributed by atoms with van der Waals surface area (Å²) >= 11 is 0. The first-order valence-corrected chi connectivity index (χ1v) is 9.79. The zero-order valence-corrected chi connectivity index (χ0v) is 17.7. The third-order valence-electron chi connectivity index (χ3n) is 4.80. The van der Waals surface area contributed by atoms with E-state index in [1.54, 1.807) is 30.3 Å². The quantitative estimate of drug-likeness (QED) is 0.377. The SMILES string of the molecule is COC(=O)c1cc(-c2ccc(NC=C3C(=O)OC(C)(C)OC3=O)cc2)nc2ccccc12. The Kier molecular flexibility index (Phi) is 5.36. The van der Waals surface area contributed by atoms with Gasteiger partial charge in [-0.2, -0.15) is 0 Å². The number of hydrogen-bond acceptors (Lipinski definition) is 8. The van der Waals surface area contributed by atoms with Gasteiger partial charge in [0.05, 0.1) is 23.9 Å². The van der Waals surface area contributed by atoms with Crippen molar-refractivity contribution in [3.63, 3.8) is 0 Å². The largest absolute Gasteiger partial charge is 0.465 e. The molecule has 162 valence electrons. The summed E-state index contributed by atoms with van der Waals surface area (Å²) in [5.41, 5.74) is 2.88. The molecule has 8 heteroatoms. The molecule has 0 bridgehead atoms. The van der Waals surface area contributed by atoms with Crippen LogP contribution in [0.2, 0.25) is 0 Å². The highest BCUT2D eigenvalue weighted by molar-refractivity contribution is 6.15. The minimum Gasteiger partial charge on any atom is -0.465 e. The van der Waals surface area contributed by atoms with Crippen molar-refractivity contribution < 1.29 is 28.6 Å². The van der Waals surface area contributed by atoms with E-state index in [4.69, 9.17) is 14.2 Å². The second-order valence-electron chi connectivity index (χ2n) is 7.52. The maximum atomic E-state index is 12.3. The molecule has 8 nitrogen and oxygen atoms in total. The Morgan fingerprint density at radius 2 is 1.69 bits per heavy atom. The summed E-state index contributed by atoms with van der Waals surface area (Å²) < 4.78 is 15.0. The lowest BCUT2D eigenvalue weighted by atomic mass is 10.0. The number of nitrogens with zero attached hydrogens (tertiary/aromatic N) is 1. The standard InChI is InChI=1S/C24H20N2O6/c1-24(2)31-22(28)18(23(29)32-24)13-25-15-10-8-14(9-11-15)20-12-17(21(27)30-3)16-6-4-5-7-19(16)26-20/h4-13,25H,1-3H3. The van der Waals surface area contributed by atoms with Crippen molar-refractivity contribution in [2.24, 2.45) is 0 Å². The number of fused-ring (bicyclic) bond motifs is 1. The van der Waals surface area contributed by atoms with E-state index in [0.29, 0.717) is 27.8 Å². The Balaban J connectivity index is 1.59. The van der Waals surface area contributed by atoms with Gasteiger partial charge in [-0.3, -0.25) is 0 Å². The van der Waals surface area contributed by atoms with Gasteiger partial charge in [0.2, 0.25) is 0 Å². The number of nitrogens with one attached hydrogen (secondary N) is 1. The highest BCUT2D eigenvalue weighted by atomic mass is 16.7. The van der Waals surface area contributed by atoms with Gasteiger partial charge in [0.15, 0.2) is 5.57 Å². The molecule has 0 atom stereocenters. The highest BCUT2D eigenvalue weighted by Crippen LogP contribution is 2.27. The van der Waals surface area contributed by atoms with Gasteiger partial charge in [-0.05, 0) is 24.3 Å². The van der Waals surface area contributed by atoms with Crippen molar-refractivity contribution in [2.75, 3.05) is 12.4 Å². The van der Waals surface area contributed by atoms with Crippen LogP contribution in [0.3, 0.4) is 0 Å². The molecule has 2 aromatic carbocycles. The average Bonchev–Trinajstić information content (AvgIpc) is 2.77. The number of aromatic nitrogens is 1. The van der Waals surface area contributed by atoms with Crippen molar-refractivity contribution in [1.82, 2.24) is 4.98 Å². The predicted molar refractivity (Wildman–Crippen MR) is 116 cm³/mol. The first-order valence-electron chi connectivity index (χ1n) is 9.79. The first-order chi connectivity index (χ1) is 15.3. The van der Waals surface area contributed by atoms with Gasteiger partial charge in [0.25, 0.3) is 5.79 Å². The van der Waals surface area contributed by atoms with Crippen LogP contribution in [-0.4, -0.2) is 35.8 Å². The van der Waals surface area contributed by atoms with Crippen LogP contribution in [0.4, 0.5) is 5.69 Å². The number of pyridine rings is 1. The molecule has 1 aliphatic heterocycles. The smallest absolute Gasteiger partial charge is 0.350 e. The van der Waals surface area contributed by atoms with Crippen molar-refractivity contribution in [2.45, 2.75) is 19.6 Å². The molecule has 3 aromatic rings. The molecule has 0 aliphatic carbocycles. The summed E-state index contributed by atoms with van der Waals surface area (Å²) in [7, 11) is 1.34. The lowest BCUT2D eigenvalue weighted by Crippen LogP contribution is -2.42. The Labute approximate surface area is 183 Å². The van der Waals surface area contributed by atoms with E-state index in [1.165, 1.54) is 27.2 Å². The molecular weight excluding hydrogens is 412 g/mol. The normalized spacial score (nSPS) is 15.0. The molecule has 1 N–H and O–H groups in total. The van der Waals surface area contributed by atoms with E-state index in [0.717, 1.165) is 5.56 Å². The van der Waals surface area contributed by atoms with Crippen LogP contribution < -0.4 is 5.32 Å². The number of para-hydroxylation sites is 1. The monoisotopic (exact) mass is 432 g/mol. The van der Waals surface area contributed by atoms with E-state index in [-0.39, 0.29) is 5.57 Å². The Hall–Kier alpha value is -4.20. The molecule has 0 amide bonds. The zero-order chi connectivity index (χ0) is 22.9. The fourth-order valence-corrected chi connectivity index (χ4v) is 3.27. The minimum absolute atomic E-state index is 0.229. The van der Waals surface area contributed by atoms with Crippen molar-refractivity contribution in [3.8, 4) is 11.3 Å². The minimum atomic E-state index is -1.29. The van der Waals surface area contributed by atoms with Gasteiger partial charge >= 0.3 is 17.9 Å². The molecule has 1 aromatic heterocycles. The van der Waals surface area contributed by atoms with Crippen LogP contribution >= 0.6 is 0 Å². The molecular formula is C24H20N2O6. The zero-order valence-electron chi connectivity index (χ0n) is 17.7. The Morgan fingerprint density at radius 1 is 1.03 bits per heavy atom. The molecule has 1 aliphatic rings. The van der Waals surface area contributed by atoms with Gasteiger partial charge in [0.1, 0.15) is 0 Å². The summed E-state index contributed by atoms with van der Waals surface area (Å²) in [4.78, 5) is 40.9. The lowest BCUT2D eigenvalue weighted by molar-refractivity contribution is -0.222. The molecule has 0 saturated carbocycles. The summed E-state index contributed by atoms with van der Waals surface area (Å²) in [6.45, 7) is 2.97. The molecule has 0 radical (unpaired) electrons. The van der Waals surface area contributed by atoms with E-state index >= 15 is 0 Å². The van der Waals surface area contributed by atoms with Crippen molar-refractivity contribution >= 4 is 34.5 Å². The number of rotatable bonds is 4. The third-order valence-corrected chi connectivity index (χ3v) is 4.80. The number of cyclic esters (lactones) is 2. The van der Waals surface area contributed by atoms with E-state index in [2.05, 4.69) is 10.3 Å². The maximum absolute atomic E-state index is 12.3. The highest BCUT2D eigenvalue weighted by Gasteiger charge is 2.38. The van der Waals surface area contributed by atoms with Crippen LogP contribution in [0.15, 0.2) is 66.4 Å². The van der Waals surface area contributed by atoms with Crippen LogP contribution in [-0.2, 0) is 23.8 Å². The molecule has 0 spiro atoms. The second kappa shape index (κ2) is 8.14. The molecule has 2 heterocycles. The molecule has 4 rings (SSSR count). The van der Waals surface area contributed by atoms with Gasteiger partial charge < -0.3 is 19.5 Å². The van der Waals surface area contributed by atoms with Crippen LogP contribution in [0.25, 0.3) is 22.2 Å². The lowest BCUT2D eigenvalue weighted by Gasteiger charge is -2.29. The van der Waals surface area contributed by atoms with Crippen molar-refractivity contribution in [1.29, 1.82) is 0 Å². The summed E-state index contributed by atoms with van der Waals surface area (Å²) in [6.07, 6.45) is 1.25. The van der Waals surface area contributed by atoms with Crippen LogP contribution in [0.1, 0.15) is 24.2 Å². The number of anilines is 1. The average molecular weight is 432 g/mol. The van der Waals surface area contributed by atoms with Gasteiger partial charge in [-0.25, -0.2) is 19.4 Å². The molecule has 1 saturated heterocycles. The summed E-state index contributed by atoms with van der Waals surface area (Å²) in [6, 6.07) is 16.1. The number of carbonyl (C=O) groups excluding carboxylic acids is 3. The van der Waals surface area contributed by atoms with Gasteiger partial charge in [-0.1, -0.05) is 30.3 Å². The van der Waals surface area contributed by atoms with Gasteiger partial charge in [0, 0.05) is 36.7 Å². The van der Waals surface area contributed by atoms with Gasteiger partial charge in [-0.15, -0.1) is 0 Å². The second-order valence-corrected chi connectivity index (χ2v) is 7.52. The van der Waals surface area contributed by atoms with Crippen molar-refractivity contribution in [3.05, 3.63) is 71.9 Å². The maximum Gasteiger partial charge on any atom is 0.350 e. The number of ether oxygens (including phenoxy) is 3. The Bertz CT molecular complexity index is 1240. The number of esters is 3. The predicted octanol–water partition coefficient (Wildman–Crippen LogP) is 3.82. The topological polar surface area (TPSA) is 104 Å². The fraction of sp³-hybridized carbons (Fsp3) is 0.167. The number of benzene rings is 2. The van der Waals surface area contributed by atoms with Crippen LogP contribution in [0, 0.1) is 0 Å². The van der Waals surface area contributed by atoms with E-state index in [9.17, 15) is 14.4 Å². The summed E-state index contributed by atoms with van der Waals surface area (Å²) in [5.74, 6) is -3.25. The number of methoxy groups -OCH3 is 1. The number of carbonyl (C=O) groups is 3. The van der Waals surface area contributed by atoms with E-state index in [1.807, 2.05) is 24.3 Å².